The number of hydrogen-bond acceptors (Lipinski definition) is 0. The van der Waals surface area contributed by atoms with E-state index in [0.717, 1.165) is 0 Å². The van der Waals surface area contributed by atoms with Crippen molar-refractivity contribution in [2.24, 2.45) is 0 Å². The van der Waals surface area contributed by atoms with Gasteiger partial charge in [0, 0.05) is 5.41 Å². The first-order valence-corrected chi connectivity index (χ1v) is 14.3. The van der Waals surface area contributed by atoms with Gasteiger partial charge in [-0.15, -0.1) is 0 Å². The lowest BCUT2D eigenvalue weighted by molar-refractivity contribution is 0.603. The van der Waals surface area contributed by atoms with Crippen molar-refractivity contribution in [2.45, 2.75) is 24.2 Å². The van der Waals surface area contributed by atoms with Gasteiger partial charge in [-0.05, 0) is 89.3 Å². The first-order valence-electron chi connectivity index (χ1n) is 13.3. The van der Waals surface area contributed by atoms with Crippen molar-refractivity contribution >= 4 is 40.0 Å². The van der Waals surface area contributed by atoms with Crippen LogP contribution in [0.5, 0.6) is 0 Å². The third-order valence-electron chi connectivity index (χ3n) is 9.45. The standard InChI is InChI=1S/C36H24P2/c1-35(2)29-15-25-21-11-3-7-19-9-5-13-23(33(19)21)27(25)17-31(29)36(37,38)32-18-28-24-14-6-10-20-8-4-12-22(34(20)24)26(28)16-30(32)35/h3-18H,37H2,1-2H3/q-2. The van der Waals surface area contributed by atoms with Crippen molar-refractivity contribution in [1.82, 2.24) is 0 Å². The Bertz CT molecular complexity index is 1790. The first-order chi connectivity index (χ1) is 18.4. The summed E-state index contributed by atoms with van der Waals surface area (Å²) >= 11 is 0. The van der Waals surface area contributed by atoms with Crippen LogP contribution in [-0.2, 0) is 10.3 Å². The molecule has 38 heavy (non-hydrogen) atoms. The van der Waals surface area contributed by atoms with Crippen LogP contribution in [-0.4, -0.2) is 0 Å². The molecule has 0 saturated heterocycles. The zero-order valence-corrected chi connectivity index (χ0v) is 23.3. The highest BCUT2D eigenvalue weighted by atomic mass is 31.1. The Morgan fingerprint density at radius 3 is 1.13 bits per heavy atom. The molecule has 0 nitrogen and oxygen atoms in total. The first kappa shape index (κ1) is 21.6. The number of hydrogen-bond donors (Lipinski definition) is 0. The van der Waals surface area contributed by atoms with E-state index in [1.165, 1.54) is 88.3 Å². The summed E-state index contributed by atoms with van der Waals surface area (Å²) in [5.74, 6) is 0. The quantitative estimate of drug-likeness (QED) is 0.175. The molecule has 0 N–H and O–H groups in total. The second-order valence-electron chi connectivity index (χ2n) is 11.7. The van der Waals surface area contributed by atoms with Gasteiger partial charge in [-0.1, -0.05) is 110 Å². The molecule has 6 aromatic rings. The van der Waals surface area contributed by atoms with Crippen LogP contribution in [0.25, 0.3) is 66.1 Å². The molecule has 0 aromatic heterocycles. The SMILES string of the molecule is CC1(C)c2cc3c(cc2C([P-2])(P)c2cc4c(cc21)-c1cccc2cccc-4c12)-c1cccc2cccc-3c12. The molecule has 0 saturated carbocycles. The predicted octanol–water partition coefficient (Wildman–Crippen LogP) is 10.4. The summed E-state index contributed by atoms with van der Waals surface area (Å²) in [6.07, 6.45) is 0. The summed E-state index contributed by atoms with van der Waals surface area (Å²) in [5.41, 5.74) is 15.9. The average Bonchev–Trinajstić information content (AvgIpc) is 3.42. The monoisotopic (exact) mass is 518 g/mol. The molecule has 0 radical (unpaired) electrons. The zero-order valence-electron chi connectivity index (χ0n) is 21.3. The third kappa shape index (κ3) is 2.41. The van der Waals surface area contributed by atoms with Gasteiger partial charge in [0.2, 0.25) is 0 Å². The van der Waals surface area contributed by atoms with Crippen LogP contribution in [0, 0.1) is 0 Å². The van der Waals surface area contributed by atoms with Crippen LogP contribution in [0.4, 0.5) is 0 Å². The van der Waals surface area contributed by atoms with Crippen LogP contribution in [0.2, 0.25) is 0 Å². The van der Waals surface area contributed by atoms with E-state index >= 15 is 0 Å². The van der Waals surface area contributed by atoms with Gasteiger partial charge in [-0.2, -0.15) is 9.24 Å². The molecule has 0 fully saturated rings. The Labute approximate surface area is 227 Å². The molecule has 0 amide bonds. The van der Waals surface area contributed by atoms with Gasteiger partial charge in [0.1, 0.15) is 0 Å². The highest BCUT2D eigenvalue weighted by Crippen LogP contribution is 2.61. The number of benzene rings is 6. The molecule has 0 heterocycles. The Morgan fingerprint density at radius 1 is 0.474 bits per heavy atom. The van der Waals surface area contributed by atoms with E-state index in [1.54, 1.807) is 0 Å². The van der Waals surface area contributed by atoms with Gasteiger partial charge < -0.3 is 9.24 Å². The third-order valence-corrected chi connectivity index (χ3v) is 10.6. The Kier molecular flexibility index (Phi) is 3.88. The molecule has 180 valence electrons. The van der Waals surface area contributed by atoms with Gasteiger partial charge in [0.05, 0.1) is 0 Å². The smallest absolute Gasteiger partial charge is 0.0149 e. The van der Waals surface area contributed by atoms with Crippen LogP contribution in [0.15, 0.2) is 97.1 Å². The molecule has 1 atom stereocenters. The maximum absolute atomic E-state index is 5.44. The summed E-state index contributed by atoms with van der Waals surface area (Å²) < 4.78 is 0. The lowest BCUT2D eigenvalue weighted by Gasteiger charge is -2.66. The maximum Gasteiger partial charge on any atom is 0.0149 e. The maximum atomic E-state index is 5.44. The lowest BCUT2D eigenvalue weighted by atomic mass is 9.66. The second-order valence-corrected chi connectivity index (χ2v) is 13.8. The Hall–Kier alpha value is -3.30. The Morgan fingerprint density at radius 2 is 0.789 bits per heavy atom. The minimum absolute atomic E-state index is 0.164. The molecular weight excluding hydrogens is 494 g/mol. The van der Waals surface area contributed by atoms with Gasteiger partial charge in [-0.3, -0.25) is 4.90 Å². The lowest BCUT2D eigenvalue weighted by Crippen LogP contribution is -2.33. The summed E-state index contributed by atoms with van der Waals surface area (Å²) in [6, 6.07) is 36.6. The van der Waals surface area contributed by atoms with Crippen molar-refractivity contribution in [3.05, 3.63) is 119 Å². The minimum atomic E-state index is -0.490. The van der Waals surface area contributed by atoms with Crippen molar-refractivity contribution in [2.75, 3.05) is 0 Å². The fourth-order valence-electron chi connectivity index (χ4n) is 7.63. The minimum Gasteiger partial charge on any atom is -1.47 e. The van der Waals surface area contributed by atoms with Crippen molar-refractivity contribution < 1.29 is 0 Å². The fraction of sp³-hybridized carbons (Fsp3) is 0.111. The molecule has 1 unspecified atom stereocenters. The molecule has 6 aromatic carbocycles. The van der Waals surface area contributed by atoms with Crippen molar-refractivity contribution in [3.63, 3.8) is 0 Å². The summed E-state index contributed by atoms with van der Waals surface area (Å²) in [7, 11) is 8.57. The molecule has 9 rings (SSSR count). The molecule has 2 heteroatoms. The van der Waals surface area contributed by atoms with Crippen LogP contribution < -0.4 is 0 Å². The van der Waals surface area contributed by atoms with Gasteiger partial charge in [-0.25, -0.2) is 0 Å². The van der Waals surface area contributed by atoms with E-state index < -0.39 is 4.90 Å². The molecule has 0 spiro atoms. The largest absolute Gasteiger partial charge is 1.47 e. The average molecular weight is 519 g/mol. The van der Waals surface area contributed by atoms with E-state index in [4.69, 9.17) is 9.24 Å². The van der Waals surface area contributed by atoms with Crippen molar-refractivity contribution in [3.8, 4) is 44.5 Å². The van der Waals surface area contributed by atoms with E-state index in [1.807, 2.05) is 0 Å². The molecule has 0 bridgehead atoms. The predicted molar refractivity (Wildman–Crippen MR) is 166 cm³/mol. The topological polar surface area (TPSA) is 0 Å². The fourth-order valence-corrected chi connectivity index (χ4v) is 8.47. The zero-order chi connectivity index (χ0) is 25.6. The van der Waals surface area contributed by atoms with E-state index in [2.05, 4.69) is 120 Å². The van der Waals surface area contributed by atoms with Crippen LogP contribution in [0.1, 0.15) is 36.1 Å². The highest BCUT2D eigenvalue weighted by molar-refractivity contribution is 7.39. The van der Waals surface area contributed by atoms with Gasteiger partial charge >= 0.3 is 0 Å². The second kappa shape index (κ2) is 6.82. The highest BCUT2D eigenvalue weighted by Gasteiger charge is 2.38. The van der Waals surface area contributed by atoms with Crippen LogP contribution in [0.3, 0.4) is 0 Å². The number of fused-ring (bicyclic) bond motifs is 8. The van der Waals surface area contributed by atoms with Crippen molar-refractivity contribution in [1.29, 1.82) is 0 Å². The number of rotatable bonds is 0. The molecule has 3 aliphatic rings. The Balaban J connectivity index is 1.35. The summed E-state index contributed by atoms with van der Waals surface area (Å²) in [4.78, 5) is -0.490. The molecular formula is C36H24P2-2. The molecule has 0 aliphatic heterocycles. The molecule has 3 aliphatic carbocycles. The van der Waals surface area contributed by atoms with E-state index in [9.17, 15) is 0 Å². The van der Waals surface area contributed by atoms with Crippen LogP contribution >= 0.6 is 18.5 Å². The van der Waals surface area contributed by atoms with Gasteiger partial charge in [0.15, 0.2) is 0 Å². The summed E-state index contributed by atoms with van der Waals surface area (Å²) in [5, 5.41) is 5.37. The van der Waals surface area contributed by atoms with E-state index in [-0.39, 0.29) is 5.41 Å². The van der Waals surface area contributed by atoms with Gasteiger partial charge in [0.25, 0.3) is 0 Å². The van der Waals surface area contributed by atoms with E-state index in [0.29, 0.717) is 0 Å². The summed E-state index contributed by atoms with van der Waals surface area (Å²) in [6.45, 7) is 4.78. The normalized spacial score (nSPS) is 16.3.